The van der Waals surface area contributed by atoms with E-state index in [1.165, 1.54) is 4.68 Å². The fraction of sp³-hybridized carbons (Fsp3) is 0.667. The van der Waals surface area contributed by atoms with Crippen molar-refractivity contribution in [1.82, 2.24) is 9.78 Å². The van der Waals surface area contributed by atoms with Crippen molar-refractivity contribution in [2.75, 3.05) is 0 Å². The molecule has 0 aliphatic heterocycles. The summed E-state index contributed by atoms with van der Waals surface area (Å²) in [6.07, 6.45) is -1.38. The molecule has 0 unspecified atom stereocenters. The Hall–Kier alpha value is -0.520. The molecule has 2 rings (SSSR count). The van der Waals surface area contributed by atoms with Gasteiger partial charge in [-0.05, 0) is 28.8 Å². The van der Waals surface area contributed by atoms with Gasteiger partial charge in [-0.15, -0.1) is 0 Å². The molecule has 2 nitrogen and oxygen atoms in total. The summed E-state index contributed by atoms with van der Waals surface area (Å²) in [5, 5.41) is 3.53. The topological polar surface area (TPSA) is 17.8 Å². The van der Waals surface area contributed by atoms with Gasteiger partial charge in [0.1, 0.15) is 0 Å². The van der Waals surface area contributed by atoms with Crippen LogP contribution in [-0.2, 0) is 13.2 Å². The fourth-order valence-corrected chi connectivity index (χ4v) is 2.70. The summed E-state index contributed by atoms with van der Waals surface area (Å²) in [4.78, 5) is 0. The number of halogens is 4. The van der Waals surface area contributed by atoms with Gasteiger partial charge in [0.05, 0.1) is 10.2 Å². The van der Waals surface area contributed by atoms with Crippen molar-refractivity contribution in [2.45, 2.75) is 31.4 Å². The number of rotatable bonds is 1. The average Bonchev–Trinajstić information content (AvgIpc) is 2.27. The number of hydrogen-bond donors (Lipinski definition) is 0. The van der Waals surface area contributed by atoms with Gasteiger partial charge in [-0.25, -0.2) is 0 Å². The van der Waals surface area contributed by atoms with E-state index in [1.807, 2.05) is 0 Å². The first-order valence-corrected chi connectivity index (χ1v) is 5.50. The molecular formula is C9H10BrF3N2. The summed E-state index contributed by atoms with van der Waals surface area (Å²) in [6.45, 7) is 0. The van der Waals surface area contributed by atoms with Gasteiger partial charge < -0.3 is 0 Å². The number of aromatic nitrogens is 2. The van der Waals surface area contributed by atoms with Crippen molar-refractivity contribution in [3.8, 4) is 0 Å². The van der Waals surface area contributed by atoms with Crippen molar-refractivity contribution < 1.29 is 13.2 Å². The first-order chi connectivity index (χ1) is 6.91. The summed E-state index contributed by atoms with van der Waals surface area (Å²) < 4.78 is 39.0. The lowest BCUT2D eigenvalue weighted by Crippen LogP contribution is -2.13. The summed E-state index contributed by atoms with van der Waals surface area (Å²) in [5.41, 5.74) is -0.138. The van der Waals surface area contributed by atoms with E-state index in [-0.39, 0.29) is 10.4 Å². The first kappa shape index (κ1) is 11.0. The van der Waals surface area contributed by atoms with Crippen LogP contribution in [0.15, 0.2) is 4.47 Å². The predicted octanol–water partition coefficient (Wildman–Crippen LogP) is 3.47. The van der Waals surface area contributed by atoms with Gasteiger partial charge in [-0.3, -0.25) is 4.68 Å². The summed E-state index contributed by atoms with van der Waals surface area (Å²) >= 11 is 3.01. The molecule has 0 bridgehead atoms. The van der Waals surface area contributed by atoms with Gasteiger partial charge >= 0.3 is 6.18 Å². The first-order valence-electron chi connectivity index (χ1n) is 4.71. The minimum Gasteiger partial charge on any atom is -0.271 e. The van der Waals surface area contributed by atoms with Gasteiger partial charge in [0.2, 0.25) is 0 Å². The van der Waals surface area contributed by atoms with Gasteiger partial charge in [-0.2, -0.15) is 18.3 Å². The van der Waals surface area contributed by atoms with Crippen molar-refractivity contribution in [2.24, 2.45) is 7.05 Å². The Morgan fingerprint density at radius 2 is 2.00 bits per heavy atom. The molecule has 0 amide bonds. The zero-order chi connectivity index (χ0) is 11.2. The SMILES string of the molecule is Cn1nc(C(F)(F)F)c(Br)c1C1CCC1. The quantitative estimate of drug-likeness (QED) is 0.771. The minimum absolute atomic E-state index is 0.113. The molecule has 15 heavy (non-hydrogen) atoms. The highest BCUT2D eigenvalue weighted by Gasteiger charge is 2.40. The Morgan fingerprint density at radius 1 is 1.40 bits per heavy atom. The molecule has 1 aromatic rings. The zero-order valence-corrected chi connectivity index (χ0v) is 9.69. The number of nitrogens with zero attached hydrogens (tertiary/aromatic N) is 2. The highest BCUT2D eigenvalue weighted by Crippen LogP contribution is 2.43. The molecule has 1 aromatic heterocycles. The highest BCUT2D eigenvalue weighted by molar-refractivity contribution is 9.10. The molecule has 1 fully saturated rings. The van der Waals surface area contributed by atoms with Crippen LogP contribution in [0.2, 0.25) is 0 Å². The molecule has 0 radical (unpaired) electrons. The summed E-state index contributed by atoms with van der Waals surface area (Å²) in [5.74, 6) is 0.230. The molecule has 0 atom stereocenters. The van der Waals surface area contributed by atoms with Crippen molar-refractivity contribution >= 4 is 15.9 Å². The van der Waals surface area contributed by atoms with Crippen molar-refractivity contribution in [1.29, 1.82) is 0 Å². The van der Waals surface area contributed by atoms with E-state index in [0.717, 1.165) is 19.3 Å². The molecular weight excluding hydrogens is 273 g/mol. The average molecular weight is 283 g/mol. The predicted molar refractivity (Wildman–Crippen MR) is 52.5 cm³/mol. The normalized spacial score (nSPS) is 17.9. The lowest BCUT2D eigenvalue weighted by Gasteiger charge is -2.25. The zero-order valence-electron chi connectivity index (χ0n) is 8.10. The lowest BCUT2D eigenvalue weighted by molar-refractivity contribution is -0.142. The molecule has 6 heteroatoms. The fourth-order valence-electron chi connectivity index (χ4n) is 1.82. The third-order valence-electron chi connectivity index (χ3n) is 2.79. The van der Waals surface area contributed by atoms with Gasteiger partial charge in [0.15, 0.2) is 5.69 Å². The minimum atomic E-state index is -4.38. The van der Waals surface area contributed by atoms with Gasteiger partial charge in [0.25, 0.3) is 0 Å². The van der Waals surface area contributed by atoms with Crippen LogP contribution in [0, 0.1) is 0 Å². The molecule has 0 aromatic carbocycles. The van der Waals surface area contributed by atoms with Crippen LogP contribution < -0.4 is 0 Å². The van der Waals surface area contributed by atoms with E-state index in [1.54, 1.807) is 7.05 Å². The molecule has 1 aliphatic rings. The van der Waals surface area contributed by atoms with Crippen LogP contribution in [0.5, 0.6) is 0 Å². The van der Waals surface area contributed by atoms with Gasteiger partial charge in [-0.1, -0.05) is 6.42 Å². The van der Waals surface area contributed by atoms with E-state index in [4.69, 9.17) is 0 Å². The number of hydrogen-bond acceptors (Lipinski definition) is 1. The Bertz CT molecular complexity index is 379. The van der Waals surface area contributed by atoms with Crippen LogP contribution in [0.3, 0.4) is 0 Å². The maximum Gasteiger partial charge on any atom is 0.436 e. The number of alkyl halides is 3. The number of aryl methyl sites for hydroxylation is 1. The highest BCUT2D eigenvalue weighted by atomic mass is 79.9. The summed E-state index contributed by atoms with van der Waals surface area (Å²) in [6, 6.07) is 0. The Kier molecular flexibility index (Phi) is 2.56. The molecule has 84 valence electrons. The van der Waals surface area contributed by atoms with E-state index in [0.29, 0.717) is 5.69 Å². The third kappa shape index (κ3) is 1.79. The lowest BCUT2D eigenvalue weighted by atomic mass is 9.83. The van der Waals surface area contributed by atoms with E-state index in [9.17, 15) is 13.2 Å². The largest absolute Gasteiger partial charge is 0.436 e. The molecule has 0 spiro atoms. The monoisotopic (exact) mass is 282 g/mol. The Balaban J connectivity index is 2.43. The molecule has 1 heterocycles. The smallest absolute Gasteiger partial charge is 0.271 e. The van der Waals surface area contributed by atoms with Crippen LogP contribution in [0.4, 0.5) is 13.2 Å². The maximum atomic E-state index is 12.5. The molecule has 1 aliphatic carbocycles. The van der Waals surface area contributed by atoms with Crippen LogP contribution in [-0.4, -0.2) is 9.78 Å². The second kappa shape index (κ2) is 3.50. The second-order valence-corrected chi connectivity index (χ2v) is 4.59. The Labute approximate surface area is 93.6 Å². The maximum absolute atomic E-state index is 12.5. The van der Waals surface area contributed by atoms with Crippen molar-refractivity contribution in [3.05, 3.63) is 15.9 Å². The van der Waals surface area contributed by atoms with E-state index < -0.39 is 11.9 Å². The van der Waals surface area contributed by atoms with E-state index in [2.05, 4.69) is 21.0 Å². The van der Waals surface area contributed by atoms with Crippen LogP contribution in [0.1, 0.15) is 36.6 Å². The molecule has 0 saturated heterocycles. The molecule has 1 saturated carbocycles. The van der Waals surface area contributed by atoms with Gasteiger partial charge in [0, 0.05) is 13.0 Å². The van der Waals surface area contributed by atoms with Crippen LogP contribution >= 0.6 is 15.9 Å². The third-order valence-corrected chi connectivity index (χ3v) is 3.57. The summed E-state index contributed by atoms with van der Waals surface area (Å²) in [7, 11) is 1.56. The molecule has 0 N–H and O–H groups in total. The Morgan fingerprint density at radius 3 is 2.33 bits per heavy atom. The van der Waals surface area contributed by atoms with Crippen LogP contribution in [0.25, 0.3) is 0 Å². The second-order valence-electron chi connectivity index (χ2n) is 3.80. The van der Waals surface area contributed by atoms with E-state index >= 15 is 0 Å². The van der Waals surface area contributed by atoms with Crippen molar-refractivity contribution in [3.63, 3.8) is 0 Å². The standard InChI is InChI=1S/C9H10BrF3N2/c1-15-7(5-3-2-4-5)6(10)8(14-15)9(11,12)13/h5H,2-4H2,1H3.